The van der Waals surface area contributed by atoms with Gasteiger partial charge in [-0.3, -0.25) is 0 Å². The maximum atomic E-state index is 6.12. The third-order valence-corrected chi connectivity index (χ3v) is 2.80. The van der Waals surface area contributed by atoms with Crippen molar-refractivity contribution in [2.45, 2.75) is 38.5 Å². The van der Waals surface area contributed by atoms with Gasteiger partial charge < -0.3 is 0 Å². The standard InChI is InChI=1S/C12H17Cl/c1-3-5-10-6-8-11(9-7-10)12(13)4-2/h6-9,12H,3-5H2,1-2H3. The van der Waals surface area contributed by atoms with Gasteiger partial charge in [-0.2, -0.15) is 0 Å². The molecule has 1 heteroatoms. The second-order valence-corrected chi connectivity index (χ2v) is 3.89. The topological polar surface area (TPSA) is 0 Å². The summed E-state index contributed by atoms with van der Waals surface area (Å²) in [6.07, 6.45) is 3.37. The van der Waals surface area contributed by atoms with E-state index in [9.17, 15) is 0 Å². The Morgan fingerprint density at radius 3 is 2.23 bits per heavy atom. The van der Waals surface area contributed by atoms with E-state index >= 15 is 0 Å². The fourth-order valence-corrected chi connectivity index (χ4v) is 1.56. The van der Waals surface area contributed by atoms with Gasteiger partial charge in [0.25, 0.3) is 0 Å². The molecule has 0 spiro atoms. The van der Waals surface area contributed by atoms with E-state index in [1.54, 1.807) is 0 Å². The van der Waals surface area contributed by atoms with Crippen LogP contribution >= 0.6 is 11.6 Å². The molecule has 1 atom stereocenters. The first-order chi connectivity index (χ1) is 6.27. The van der Waals surface area contributed by atoms with Crippen LogP contribution in [0.1, 0.15) is 43.2 Å². The molecule has 0 aliphatic rings. The minimum absolute atomic E-state index is 0.177. The Morgan fingerprint density at radius 2 is 1.77 bits per heavy atom. The molecule has 1 aromatic rings. The highest BCUT2D eigenvalue weighted by Crippen LogP contribution is 2.23. The van der Waals surface area contributed by atoms with Gasteiger partial charge in [0.15, 0.2) is 0 Å². The maximum Gasteiger partial charge on any atom is 0.0582 e. The van der Waals surface area contributed by atoms with Crippen LogP contribution in [0.5, 0.6) is 0 Å². The molecule has 0 fully saturated rings. The van der Waals surface area contributed by atoms with E-state index in [0.29, 0.717) is 0 Å². The van der Waals surface area contributed by atoms with Crippen LogP contribution in [0.2, 0.25) is 0 Å². The molecule has 0 aliphatic heterocycles. The molecule has 0 amide bonds. The van der Waals surface area contributed by atoms with Crippen molar-refractivity contribution in [3.05, 3.63) is 35.4 Å². The number of hydrogen-bond acceptors (Lipinski definition) is 0. The molecule has 1 unspecified atom stereocenters. The quantitative estimate of drug-likeness (QED) is 0.629. The average Bonchev–Trinajstić information content (AvgIpc) is 2.18. The second-order valence-electron chi connectivity index (χ2n) is 3.37. The second kappa shape index (κ2) is 5.29. The first-order valence-corrected chi connectivity index (χ1v) is 5.44. The molecule has 72 valence electrons. The van der Waals surface area contributed by atoms with Gasteiger partial charge in [0.05, 0.1) is 5.38 Å². The van der Waals surface area contributed by atoms with Crippen LogP contribution in [0.25, 0.3) is 0 Å². The van der Waals surface area contributed by atoms with Crippen molar-refractivity contribution in [2.24, 2.45) is 0 Å². The van der Waals surface area contributed by atoms with Gasteiger partial charge in [-0.25, -0.2) is 0 Å². The fraction of sp³-hybridized carbons (Fsp3) is 0.500. The Morgan fingerprint density at radius 1 is 1.15 bits per heavy atom. The molecule has 0 heterocycles. The molecular formula is C12H17Cl. The zero-order valence-electron chi connectivity index (χ0n) is 8.39. The Labute approximate surface area is 85.9 Å². The molecule has 0 aliphatic carbocycles. The molecule has 0 bridgehead atoms. The third kappa shape index (κ3) is 3.04. The van der Waals surface area contributed by atoms with Crippen LogP contribution in [-0.4, -0.2) is 0 Å². The zero-order chi connectivity index (χ0) is 9.68. The van der Waals surface area contributed by atoms with Gasteiger partial charge in [0.1, 0.15) is 0 Å². The highest BCUT2D eigenvalue weighted by Gasteiger charge is 2.03. The first-order valence-electron chi connectivity index (χ1n) is 5.00. The molecule has 0 radical (unpaired) electrons. The third-order valence-electron chi connectivity index (χ3n) is 2.24. The summed E-state index contributed by atoms with van der Waals surface area (Å²) in [6, 6.07) is 8.66. The number of halogens is 1. The van der Waals surface area contributed by atoms with Crippen molar-refractivity contribution in [3.8, 4) is 0 Å². The molecule has 0 N–H and O–H groups in total. The normalized spacial score (nSPS) is 12.8. The largest absolute Gasteiger partial charge is 0.118 e. The van der Waals surface area contributed by atoms with Crippen LogP contribution < -0.4 is 0 Å². The number of aryl methyl sites for hydroxylation is 1. The van der Waals surface area contributed by atoms with Crippen molar-refractivity contribution in [1.82, 2.24) is 0 Å². The lowest BCUT2D eigenvalue weighted by atomic mass is 10.1. The molecule has 0 saturated carbocycles. The summed E-state index contributed by atoms with van der Waals surface area (Å²) in [7, 11) is 0. The SMILES string of the molecule is CCCc1ccc(C(Cl)CC)cc1. The van der Waals surface area contributed by atoms with E-state index in [1.165, 1.54) is 24.0 Å². The summed E-state index contributed by atoms with van der Waals surface area (Å²) >= 11 is 6.12. The Hall–Kier alpha value is -0.490. The number of hydrogen-bond donors (Lipinski definition) is 0. The van der Waals surface area contributed by atoms with E-state index < -0.39 is 0 Å². The van der Waals surface area contributed by atoms with Gasteiger partial charge >= 0.3 is 0 Å². The van der Waals surface area contributed by atoms with Crippen LogP contribution in [-0.2, 0) is 6.42 Å². The van der Waals surface area contributed by atoms with Crippen molar-refractivity contribution in [1.29, 1.82) is 0 Å². The minimum atomic E-state index is 0.177. The molecule has 13 heavy (non-hydrogen) atoms. The Bertz CT molecular complexity index is 238. The zero-order valence-corrected chi connectivity index (χ0v) is 9.14. The molecule has 0 saturated heterocycles. The number of rotatable bonds is 4. The monoisotopic (exact) mass is 196 g/mol. The van der Waals surface area contributed by atoms with Gasteiger partial charge in [0.2, 0.25) is 0 Å². The predicted octanol–water partition coefficient (Wildman–Crippen LogP) is 4.33. The van der Waals surface area contributed by atoms with Crippen molar-refractivity contribution >= 4 is 11.6 Å². The summed E-state index contributed by atoms with van der Waals surface area (Å²) in [5, 5.41) is 0.177. The Balaban J connectivity index is 2.69. The maximum absolute atomic E-state index is 6.12. The summed E-state index contributed by atoms with van der Waals surface area (Å²) in [5.74, 6) is 0. The summed E-state index contributed by atoms with van der Waals surface area (Å²) < 4.78 is 0. The summed E-state index contributed by atoms with van der Waals surface area (Å²) in [5.41, 5.74) is 2.65. The predicted molar refractivity (Wildman–Crippen MR) is 59.3 cm³/mol. The lowest BCUT2D eigenvalue weighted by molar-refractivity contribution is 0.877. The molecule has 1 aromatic carbocycles. The van der Waals surface area contributed by atoms with E-state index in [1.807, 2.05) is 0 Å². The van der Waals surface area contributed by atoms with Crippen LogP contribution in [0.15, 0.2) is 24.3 Å². The number of alkyl halides is 1. The van der Waals surface area contributed by atoms with E-state index in [0.717, 1.165) is 6.42 Å². The average molecular weight is 197 g/mol. The van der Waals surface area contributed by atoms with Gasteiger partial charge in [-0.05, 0) is 24.0 Å². The fourth-order valence-electron chi connectivity index (χ4n) is 1.42. The van der Waals surface area contributed by atoms with E-state index in [4.69, 9.17) is 11.6 Å². The van der Waals surface area contributed by atoms with E-state index in [-0.39, 0.29) is 5.38 Å². The Kier molecular flexibility index (Phi) is 4.31. The first kappa shape index (κ1) is 10.6. The van der Waals surface area contributed by atoms with E-state index in [2.05, 4.69) is 38.1 Å². The summed E-state index contributed by atoms with van der Waals surface area (Å²) in [4.78, 5) is 0. The van der Waals surface area contributed by atoms with Gasteiger partial charge in [-0.15, -0.1) is 11.6 Å². The number of benzene rings is 1. The van der Waals surface area contributed by atoms with Crippen LogP contribution in [0.4, 0.5) is 0 Å². The van der Waals surface area contributed by atoms with Gasteiger partial charge in [-0.1, -0.05) is 44.5 Å². The minimum Gasteiger partial charge on any atom is -0.118 e. The van der Waals surface area contributed by atoms with Gasteiger partial charge in [0, 0.05) is 0 Å². The lowest BCUT2D eigenvalue weighted by Gasteiger charge is -2.07. The molecule has 1 rings (SSSR count). The molecule has 0 aromatic heterocycles. The van der Waals surface area contributed by atoms with Crippen LogP contribution in [0, 0.1) is 0 Å². The highest BCUT2D eigenvalue weighted by molar-refractivity contribution is 6.20. The lowest BCUT2D eigenvalue weighted by Crippen LogP contribution is -1.89. The highest BCUT2D eigenvalue weighted by atomic mass is 35.5. The van der Waals surface area contributed by atoms with Crippen molar-refractivity contribution < 1.29 is 0 Å². The summed E-state index contributed by atoms with van der Waals surface area (Å²) in [6.45, 7) is 4.31. The van der Waals surface area contributed by atoms with Crippen molar-refractivity contribution in [2.75, 3.05) is 0 Å². The molecular weight excluding hydrogens is 180 g/mol. The molecule has 0 nitrogen and oxygen atoms in total. The smallest absolute Gasteiger partial charge is 0.0582 e. The van der Waals surface area contributed by atoms with Crippen LogP contribution in [0.3, 0.4) is 0 Å². The van der Waals surface area contributed by atoms with Crippen molar-refractivity contribution in [3.63, 3.8) is 0 Å².